The molecular weight excluding hydrogens is 350 g/mol. The van der Waals surface area contributed by atoms with E-state index in [0.717, 1.165) is 35.2 Å². The molecule has 0 fully saturated rings. The zero-order chi connectivity index (χ0) is 19.9. The lowest BCUT2D eigenvalue weighted by atomic mass is 9.97. The van der Waals surface area contributed by atoms with E-state index in [4.69, 9.17) is 5.11 Å². The average Bonchev–Trinajstić information content (AvgIpc) is 2.72. The van der Waals surface area contributed by atoms with Gasteiger partial charge in [-0.1, -0.05) is 60.7 Å². The zero-order valence-corrected chi connectivity index (χ0v) is 15.9. The van der Waals surface area contributed by atoms with Crippen molar-refractivity contribution in [2.45, 2.75) is 19.4 Å². The number of carboxylic acid groups (broad SMARTS) is 1. The van der Waals surface area contributed by atoms with Crippen molar-refractivity contribution in [3.05, 3.63) is 95.1 Å². The second kappa shape index (κ2) is 9.31. The average molecular weight is 375 g/mol. The first-order valence-corrected chi connectivity index (χ1v) is 9.41. The van der Waals surface area contributed by atoms with Gasteiger partial charge in [0.2, 0.25) is 0 Å². The van der Waals surface area contributed by atoms with Crippen LogP contribution in [-0.2, 0) is 6.42 Å². The summed E-state index contributed by atoms with van der Waals surface area (Å²) in [6.07, 6.45) is 0.374. The fourth-order valence-electron chi connectivity index (χ4n) is 3.24. The number of carboxylic acids is 1. The Labute approximate surface area is 165 Å². The molecule has 0 heterocycles. The third-order valence-electron chi connectivity index (χ3n) is 4.85. The zero-order valence-electron chi connectivity index (χ0n) is 15.9. The molecule has 0 radical (unpaired) electrons. The van der Waals surface area contributed by atoms with Gasteiger partial charge < -0.3 is 15.5 Å². The number of aryl methyl sites for hydroxylation is 1. The lowest BCUT2D eigenvalue weighted by Gasteiger charge is -2.12. The highest BCUT2D eigenvalue weighted by Crippen LogP contribution is 2.25. The third kappa shape index (κ3) is 5.06. The molecule has 0 saturated heterocycles. The maximum atomic E-state index is 11.1. The number of aliphatic hydroxyl groups is 1. The minimum atomic E-state index is -0.908. The summed E-state index contributed by atoms with van der Waals surface area (Å²) in [4.78, 5) is 11.1. The topological polar surface area (TPSA) is 69.6 Å². The van der Waals surface area contributed by atoms with Crippen molar-refractivity contribution in [3.63, 3.8) is 0 Å². The predicted octanol–water partition coefficient (Wildman–Crippen LogP) is 4.23. The first kappa shape index (κ1) is 19.8. The second-order valence-electron chi connectivity index (χ2n) is 6.91. The summed E-state index contributed by atoms with van der Waals surface area (Å²) in [7, 11) is 0. The van der Waals surface area contributed by atoms with E-state index < -0.39 is 12.1 Å². The summed E-state index contributed by atoms with van der Waals surface area (Å²) in [6, 6.07) is 23.2. The van der Waals surface area contributed by atoms with Gasteiger partial charge in [0.05, 0.1) is 11.7 Å². The number of hydrogen-bond donors (Lipinski definition) is 3. The maximum absolute atomic E-state index is 11.1. The summed E-state index contributed by atoms with van der Waals surface area (Å²) in [6.45, 7) is 3.24. The Kier molecular flexibility index (Phi) is 6.58. The van der Waals surface area contributed by atoms with Crippen LogP contribution in [0.25, 0.3) is 11.1 Å². The molecule has 0 saturated carbocycles. The van der Waals surface area contributed by atoms with Crippen molar-refractivity contribution in [2.75, 3.05) is 13.1 Å². The van der Waals surface area contributed by atoms with E-state index in [2.05, 4.69) is 29.6 Å². The summed E-state index contributed by atoms with van der Waals surface area (Å²) in [5.41, 5.74) is 5.51. The second-order valence-corrected chi connectivity index (χ2v) is 6.91. The number of rotatable bonds is 8. The molecule has 3 aromatic rings. The summed E-state index contributed by atoms with van der Waals surface area (Å²) in [5, 5.41) is 22.5. The monoisotopic (exact) mass is 375 g/mol. The van der Waals surface area contributed by atoms with Crippen LogP contribution in [0.15, 0.2) is 72.8 Å². The van der Waals surface area contributed by atoms with Gasteiger partial charge in [-0.15, -0.1) is 0 Å². The Morgan fingerprint density at radius 3 is 2.36 bits per heavy atom. The molecule has 0 aromatic heterocycles. The molecule has 144 valence electrons. The van der Waals surface area contributed by atoms with Gasteiger partial charge in [-0.25, -0.2) is 4.79 Å². The number of carbonyl (C=O) groups is 1. The van der Waals surface area contributed by atoms with E-state index in [1.54, 1.807) is 12.1 Å². The van der Waals surface area contributed by atoms with Gasteiger partial charge in [0.15, 0.2) is 0 Å². The highest BCUT2D eigenvalue weighted by atomic mass is 16.4. The maximum Gasteiger partial charge on any atom is 0.335 e. The summed E-state index contributed by atoms with van der Waals surface area (Å²) >= 11 is 0. The fraction of sp³-hybridized carbons (Fsp3) is 0.208. The smallest absolute Gasteiger partial charge is 0.335 e. The number of benzene rings is 3. The quantitative estimate of drug-likeness (QED) is 0.516. The number of hydrogen-bond acceptors (Lipinski definition) is 3. The molecule has 0 aliphatic heterocycles. The Bertz CT molecular complexity index is 920. The molecule has 0 aliphatic rings. The SMILES string of the molecule is Cc1cc(C(=O)O)ccc1-c1ccc(CCNC[C@H](O)c2ccccc2)cc1. The minimum absolute atomic E-state index is 0.307. The summed E-state index contributed by atoms with van der Waals surface area (Å²) in [5.74, 6) is -0.908. The molecule has 0 aliphatic carbocycles. The Balaban J connectivity index is 1.53. The van der Waals surface area contributed by atoms with E-state index in [-0.39, 0.29) is 0 Å². The van der Waals surface area contributed by atoms with E-state index >= 15 is 0 Å². The third-order valence-corrected chi connectivity index (χ3v) is 4.85. The Hall–Kier alpha value is -2.95. The molecule has 0 bridgehead atoms. The van der Waals surface area contributed by atoms with Crippen LogP contribution in [0.5, 0.6) is 0 Å². The highest BCUT2D eigenvalue weighted by Gasteiger charge is 2.08. The van der Waals surface area contributed by atoms with Crippen molar-refractivity contribution >= 4 is 5.97 Å². The van der Waals surface area contributed by atoms with Gasteiger partial charge >= 0.3 is 5.97 Å². The van der Waals surface area contributed by atoms with Gasteiger partial charge in [0.1, 0.15) is 0 Å². The number of aliphatic hydroxyl groups excluding tert-OH is 1. The molecule has 3 rings (SSSR count). The van der Waals surface area contributed by atoms with Gasteiger partial charge in [0.25, 0.3) is 0 Å². The van der Waals surface area contributed by atoms with Crippen molar-refractivity contribution in [1.29, 1.82) is 0 Å². The molecular formula is C24H25NO3. The number of nitrogens with one attached hydrogen (secondary N) is 1. The van der Waals surface area contributed by atoms with E-state index in [9.17, 15) is 9.90 Å². The van der Waals surface area contributed by atoms with Crippen molar-refractivity contribution < 1.29 is 15.0 Å². The van der Waals surface area contributed by atoms with Crippen LogP contribution in [0, 0.1) is 6.92 Å². The first-order chi connectivity index (χ1) is 13.5. The molecule has 4 nitrogen and oxygen atoms in total. The van der Waals surface area contributed by atoms with Crippen LogP contribution in [0.3, 0.4) is 0 Å². The molecule has 0 spiro atoms. The van der Waals surface area contributed by atoms with Crippen LogP contribution >= 0.6 is 0 Å². The molecule has 1 atom stereocenters. The van der Waals surface area contributed by atoms with Gasteiger partial charge in [-0.3, -0.25) is 0 Å². The molecule has 4 heteroatoms. The van der Waals surface area contributed by atoms with E-state index in [1.807, 2.05) is 43.3 Å². The Morgan fingerprint density at radius 1 is 1.00 bits per heavy atom. The van der Waals surface area contributed by atoms with Gasteiger partial charge in [-0.2, -0.15) is 0 Å². The summed E-state index contributed by atoms with van der Waals surface area (Å²) < 4.78 is 0. The molecule has 3 N–H and O–H groups in total. The largest absolute Gasteiger partial charge is 0.478 e. The molecule has 3 aromatic carbocycles. The minimum Gasteiger partial charge on any atom is -0.478 e. The van der Waals surface area contributed by atoms with Gasteiger partial charge in [-0.05, 0) is 59.8 Å². The van der Waals surface area contributed by atoms with Crippen molar-refractivity contribution in [1.82, 2.24) is 5.32 Å². The lowest BCUT2D eigenvalue weighted by molar-refractivity contribution is 0.0697. The fourth-order valence-corrected chi connectivity index (χ4v) is 3.24. The molecule has 28 heavy (non-hydrogen) atoms. The molecule has 0 unspecified atom stereocenters. The van der Waals surface area contributed by atoms with E-state index in [0.29, 0.717) is 12.1 Å². The normalized spacial score (nSPS) is 11.9. The van der Waals surface area contributed by atoms with Crippen LogP contribution in [-0.4, -0.2) is 29.3 Å². The standard InChI is InChI=1S/C24H25NO3/c1-17-15-21(24(27)28)11-12-22(17)19-9-7-18(8-10-19)13-14-25-16-23(26)20-5-3-2-4-6-20/h2-12,15,23,25-26H,13-14,16H2,1H3,(H,27,28)/t23-/m0/s1. The Morgan fingerprint density at radius 2 is 1.71 bits per heavy atom. The van der Waals surface area contributed by atoms with Crippen LogP contribution in [0.2, 0.25) is 0 Å². The van der Waals surface area contributed by atoms with Gasteiger partial charge in [0, 0.05) is 6.54 Å². The van der Waals surface area contributed by atoms with Crippen molar-refractivity contribution in [3.8, 4) is 11.1 Å². The number of aromatic carboxylic acids is 1. The highest BCUT2D eigenvalue weighted by molar-refractivity contribution is 5.89. The van der Waals surface area contributed by atoms with Crippen LogP contribution in [0.4, 0.5) is 0 Å². The van der Waals surface area contributed by atoms with Crippen molar-refractivity contribution in [2.24, 2.45) is 0 Å². The van der Waals surface area contributed by atoms with Crippen LogP contribution in [0.1, 0.15) is 33.2 Å². The first-order valence-electron chi connectivity index (χ1n) is 9.41. The molecule has 0 amide bonds. The van der Waals surface area contributed by atoms with E-state index in [1.165, 1.54) is 5.56 Å². The van der Waals surface area contributed by atoms with Crippen LogP contribution < -0.4 is 5.32 Å². The lowest BCUT2D eigenvalue weighted by Crippen LogP contribution is -2.23. The predicted molar refractivity (Wildman–Crippen MR) is 112 cm³/mol.